The summed E-state index contributed by atoms with van der Waals surface area (Å²) in [5.41, 5.74) is 0.129. The van der Waals surface area contributed by atoms with Crippen LogP contribution in [0, 0.1) is 45.8 Å². The SMILES string of the molecule is C[C@H](NC(=O)CC(C)(C)[C@H]1CC[C@H]2[C@@H]3C(=O)C[C@@H]4CC(=O)CC[C@]4(C)[C@H]3CC[C@]12C)c1cccs1. The van der Waals surface area contributed by atoms with Crippen molar-refractivity contribution < 1.29 is 14.4 Å². The van der Waals surface area contributed by atoms with Gasteiger partial charge in [-0.2, -0.15) is 0 Å². The molecule has 35 heavy (non-hydrogen) atoms. The lowest BCUT2D eigenvalue weighted by molar-refractivity contribution is -0.160. The average molecular weight is 498 g/mol. The number of rotatable bonds is 5. The Morgan fingerprint density at radius 2 is 1.86 bits per heavy atom. The van der Waals surface area contributed by atoms with Crippen LogP contribution >= 0.6 is 11.3 Å². The Kier molecular flexibility index (Phi) is 6.34. The van der Waals surface area contributed by atoms with Crippen molar-refractivity contribution in [3.8, 4) is 0 Å². The van der Waals surface area contributed by atoms with E-state index in [-0.39, 0.29) is 40.0 Å². The van der Waals surface area contributed by atoms with E-state index in [4.69, 9.17) is 0 Å². The molecule has 0 radical (unpaired) electrons. The van der Waals surface area contributed by atoms with Gasteiger partial charge in [0.2, 0.25) is 5.91 Å². The number of amides is 1. The van der Waals surface area contributed by atoms with Gasteiger partial charge in [0.1, 0.15) is 11.6 Å². The molecule has 5 rings (SSSR count). The third-order valence-electron chi connectivity index (χ3n) is 11.2. The molecule has 4 aliphatic rings. The van der Waals surface area contributed by atoms with Gasteiger partial charge in [-0.25, -0.2) is 0 Å². The van der Waals surface area contributed by atoms with Crippen LogP contribution in [0.3, 0.4) is 0 Å². The summed E-state index contributed by atoms with van der Waals surface area (Å²) in [4.78, 5) is 40.1. The van der Waals surface area contributed by atoms with Crippen LogP contribution in [-0.2, 0) is 14.4 Å². The second kappa shape index (κ2) is 8.82. The Labute approximate surface area is 215 Å². The van der Waals surface area contributed by atoms with E-state index in [9.17, 15) is 14.4 Å². The number of nitrogens with one attached hydrogen (secondary N) is 1. The fraction of sp³-hybridized carbons (Fsp3) is 0.767. The van der Waals surface area contributed by atoms with Crippen molar-refractivity contribution in [2.24, 2.45) is 45.8 Å². The van der Waals surface area contributed by atoms with Crippen LogP contribution in [0.4, 0.5) is 0 Å². The minimum absolute atomic E-state index is 0.0385. The monoisotopic (exact) mass is 497 g/mol. The number of Topliss-reactive ketones (excluding diaryl/α,β-unsaturated/α-hetero) is 2. The molecule has 0 saturated heterocycles. The predicted molar refractivity (Wildman–Crippen MR) is 140 cm³/mol. The molecule has 0 aliphatic heterocycles. The molecule has 8 atom stereocenters. The minimum Gasteiger partial charge on any atom is -0.349 e. The highest BCUT2D eigenvalue weighted by atomic mass is 32.1. The minimum atomic E-state index is -0.114. The van der Waals surface area contributed by atoms with E-state index in [1.165, 1.54) is 4.88 Å². The molecule has 4 aliphatic carbocycles. The van der Waals surface area contributed by atoms with Gasteiger partial charge in [0.05, 0.1) is 6.04 Å². The first kappa shape index (κ1) is 25.2. The molecule has 192 valence electrons. The van der Waals surface area contributed by atoms with Gasteiger partial charge in [0, 0.05) is 36.5 Å². The maximum absolute atomic E-state index is 13.6. The highest BCUT2D eigenvalue weighted by Crippen LogP contribution is 2.68. The predicted octanol–water partition coefficient (Wildman–Crippen LogP) is 6.75. The maximum atomic E-state index is 13.6. The van der Waals surface area contributed by atoms with Crippen molar-refractivity contribution in [2.45, 2.75) is 98.4 Å². The third kappa shape index (κ3) is 4.14. The van der Waals surface area contributed by atoms with Gasteiger partial charge >= 0.3 is 0 Å². The summed E-state index contributed by atoms with van der Waals surface area (Å²) in [6.07, 6.45) is 7.85. The van der Waals surface area contributed by atoms with Crippen LogP contribution < -0.4 is 5.32 Å². The first-order valence-electron chi connectivity index (χ1n) is 13.8. The fourth-order valence-corrected chi connectivity index (χ4v) is 10.2. The largest absolute Gasteiger partial charge is 0.349 e. The molecular weight excluding hydrogens is 454 g/mol. The van der Waals surface area contributed by atoms with Crippen LogP contribution in [0.1, 0.15) is 103 Å². The lowest BCUT2D eigenvalue weighted by atomic mass is 9.43. The van der Waals surface area contributed by atoms with E-state index in [1.807, 2.05) is 6.07 Å². The number of carbonyl (C=O) groups excluding carboxylic acids is 3. The van der Waals surface area contributed by atoms with E-state index >= 15 is 0 Å². The van der Waals surface area contributed by atoms with Gasteiger partial charge in [0.15, 0.2) is 0 Å². The Morgan fingerprint density at radius 1 is 1.11 bits per heavy atom. The van der Waals surface area contributed by atoms with Crippen molar-refractivity contribution >= 4 is 28.8 Å². The molecule has 1 heterocycles. The van der Waals surface area contributed by atoms with Crippen molar-refractivity contribution in [3.63, 3.8) is 0 Å². The molecule has 0 aromatic carbocycles. The van der Waals surface area contributed by atoms with Gasteiger partial charge in [-0.1, -0.05) is 33.8 Å². The Morgan fingerprint density at radius 3 is 2.57 bits per heavy atom. The summed E-state index contributed by atoms with van der Waals surface area (Å²) < 4.78 is 0. The zero-order valence-electron chi connectivity index (χ0n) is 22.2. The van der Waals surface area contributed by atoms with Crippen LogP contribution in [-0.4, -0.2) is 17.5 Å². The van der Waals surface area contributed by atoms with Crippen molar-refractivity contribution in [2.75, 3.05) is 0 Å². The molecule has 1 N–H and O–H groups in total. The first-order valence-corrected chi connectivity index (χ1v) is 14.7. The van der Waals surface area contributed by atoms with Crippen LogP contribution in [0.15, 0.2) is 17.5 Å². The maximum Gasteiger partial charge on any atom is 0.221 e. The Balaban J connectivity index is 1.32. The smallest absolute Gasteiger partial charge is 0.221 e. The zero-order chi connectivity index (χ0) is 25.2. The molecule has 0 unspecified atom stereocenters. The number of carbonyl (C=O) groups is 3. The molecule has 1 aromatic heterocycles. The molecule has 1 amide bonds. The molecule has 4 nitrogen and oxygen atoms in total. The van der Waals surface area contributed by atoms with Crippen LogP contribution in [0.25, 0.3) is 0 Å². The number of hydrogen-bond acceptors (Lipinski definition) is 4. The van der Waals surface area contributed by atoms with Gasteiger partial charge in [-0.3, -0.25) is 14.4 Å². The van der Waals surface area contributed by atoms with Crippen molar-refractivity contribution in [1.82, 2.24) is 5.32 Å². The Bertz CT molecular complexity index is 999. The standard InChI is InChI=1S/C30H43NO3S/c1-18(24-7-6-14-35-24)31-26(34)17-28(2,3)25-9-8-21-27-22(11-13-30(21,25)5)29(4)12-10-20(32)15-19(29)16-23(27)33/h6-7,14,18-19,21-22,25,27H,8-13,15-17H2,1-5H3,(H,31,34)/t18-,19-,21-,22-,25+,27-,29-,30-/m0/s1. The summed E-state index contributed by atoms with van der Waals surface area (Å²) in [6.45, 7) is 11.4. The van der Waals surface area contributed by atoms with Gasteiger partial charge in [-0.05, 0) is 90.4 Å². The van der Waals surface area contributed by atoms with E-state index in [1.54, 1.807) is 11.3 Å². The molecule has 5 heteroatoms. The molecule has 1 aromatic rings. The number of ketones is 2. The second-order valence-corrected chi connectivity index (χ2v) is 14.5. The summed E-state index contributed by atoms with van der Waals surface area (Å²) in [7, 11) is 0. The highest BCUT2D eigenvalue weighted by Gasteiger charge is 2.64. The van der Waals surface area contributed by atoms with Gasteiger partial charge < -0.3 is 5.32 Å². The van der Waals surface area contributed by atoms with Gasteiger partial charge in [-0.15, -0.1) is 11.3 Å². The quantitative estimate of drug-likeness (QED) is 0.489. The highest BCUT2D eigenvalue weighted by molar-refractivity contribution is 7.10. The summed E-state index contributed by atoms with van der Waals surface area (Å²) in [6, 6.07) is 4.15. The molecule has 4 fully saturated rings. The fourth-order valence-electron chi connectivity index (χ4n) is 9.45. The normalized spacial score (nSPS) is 40.0. The topological polar surface area (TPSA) is 63.2 Å². The molecule has 4 saturated carbocycles. The summed E-state index contributed by atoms with van der Waals surface area (Å²) in [5.74, 6) is 2.61. The lowest BCUT2D eigenvalue weighted by Crippen LogP contribution is -2.57. The van der Waals surface area contributed by atoms with E-state index in [0.29, 0.717) is 55.0 Å². The van der Waals surface area contributed by atoms with Crippen LogP contribution in [0.2, 0.25) is 0 Å². The first-order chi connectivity index (χ1) is 16.5. The molecule has 0 spiro atoms. The zero-order valence-corrected chi connectivity index (χ0v) is 23.0. The Hall–Kier alpha value is -1.49. The van der Waals surface area contributed by atoms with E-state index in [2.05, 4.69) is 51.4 Å². The number of hydrogen-bond donors (Lipinski definition) is 1. The van der Waals surface area contributed by atoms with Gasteiger partial charge in [0.25, 0.3) is 0 Å². The van der Waals surface area contributed by atoms with Crippen molar-refractivity contribution in [1.29, 1.82) is 0 Å². The van der Waals surface area contributed by atoms with E-state index < -0.39 is 0 Å². The average Bonchev–Trinajstić information content (AvgIpc) is 3.42. The lowest BCUT2D eigenvalue weighted by Gasteiger charge is -2.60. The third-order valence-corrected chi connectivity index (χ3v) is 12.2. The summed E-state index contributed by atoms with van der Waals surface area (Å²) in [5, 5.41) is 5.28. The second-order valence-electron chi connectivity index (χ2n) is 13.5. The number of fused-ring (bicyclic) bond motifs is 5. The molecule has 0 bridgehead atoms. The molecular formula is C30H43NO3S. The summed E-state index contributed by atoms with van der Waals surface area (Å²) >= 11 is 1.68. The number of thiophene rings is 1. The van der Waals surface area contributed by atoms with Crippen LogP contribution in [0.5, 0.6) is 0 Å². The van der Waals surface area contributed by atoms with Crippen molar-refractivity contribution in [3.05, 3.63) is 22.4 Å². The van der Waals surface area contributed by atoms with E-state index in [0.717, 1.165) is 32.1 Å².